The molecule has 1 saturated heterocycles. The smallest absolute Gasteiger partial charge is 0.174 e. The van der Waals surface area contributed by atoms with Gasteiger partial charge < -0.3 is 19.5 Å². The molecule has 1 fully saturated rings. The fourth-order valence-corrected chi connectivity index (χ4v) is 5.17. The number of benzene rings is 2. The molecule has 35 heavy (non-hydrogen) atoms. The minimum Gasteiger partial charge on any atom is -0.497 e. The molecule has 4 aromatic rings. The maximum Gasteiger partial charge on any atom is 0.174 e. The highest BCUT2D eigenvalue weighted by molar-refractivity contribution is 7.80. The normalized spacial score (nSPS) is 17.6. The molecule has 1 aliphatic heterocycles. The number of methoxy groups -OCH3 is 1. The average Bonchev–Trinajstić information content (AvgIpc) is 3.43. The summed E-state index contributed by atoms with van der Waals surface area (Å²) in [7, 11) is 1.69. The van der Waals surface area contributed by atoms with Gasteiger partial charge in [-0.05, 0) is 91.3 Å². The zero-order valence-electron chi connectivity index (χ0n) is 20.5. The van der Waals surface area contributed by atoms with Gasteiger partial charge in [0.05, 0.1) is 18.8 Å². The van der Waals surface area contributed by atoms with Crippen LogP contribution in [0, 0.1) is 6.92 Å². The number of anilines is 1. The van der Waals surface area contributed by atoms with Crippen molar-refractivity contribution in [2.24, 2.45) is 0 Å². The SMILES string of the molecule is COc1ccc(-n2c(C)ccc2[C@@H]2[C@@H](c3ccccn3)NC(=S)N2c2ccc(C(C)C)cc2)cc1. The first-order valence-electron chi connectivity index (χ1n) is 11.9. The molecule has 0 aliphatic carbocycles. The molecule has 5 nitrogen and oxygen atoms in total. The molecule has 6 heteroatoms. The van der Waals surface area contributed by atoms with Crippen LogP contribution in [0.1, 0.15) is 54.5 Å². The van der Waals surface area contributed by atoms with Gasteiger partial charge in [-0.25, -0.2) is 0 Å². The molecular weight excluding hydrogens is 452 g/mol. The van der Waals surface area contributed by atoms with Crippen molar-refractivity contribution in [1.29, 1.82) is 0 Å². The largest absolute Gasteiger partial charge is 0.497 e. The van der Waals surface area contributed by atoms with Gasteiger partial charge in [0.15, 0.2) is 5.11 Å². The van der Waals surface area contributed by atoms with Crippen LogP contribution in [-0.4, -0.2) is 21.8 Å². The molecule has 2 aromatic carbocycles. The number of nitrogens with one attached hydrogen (secondary N) is 1. The summed E-state index contributed by atoms with van der Waals surface area (Å²) in [6, 6.07) is 27.1. The summed E-state index contributed by atoms with van der Waals surface area (Å²) in [5.41, 5.74) is 6.70. The van der Waals surface area contributed by atoms with Crippen LogP contribution in [0.15, 0.2) is 85.1 Å². The molecule has 0 bridgehead atoms. The van der Waals surface area contributed by atoms with Gasteiger partial charge in [0.2, 0.25) is 0 Å². The lowest BCUT2D eigenvalue weighted by Crippen LogP contribution is -2.30. The second kappa shape index (κ2) is 9.55. The highest BCUT2D eigenvalue weighted by Gasteiger charge is 2.42. The Balaban J connectivity index is 1.65. The standard InChI is InChI=1S/C29H30N4OS/c1-19(2)21-9-11-23(12-10-21)33-28(27(31-29(33)35)25-7-5-6-18-30-25)26-17-8-20(3)32(26)22-13-15-24(34-4)16-14-22/h5-19,27-28H,1-4H3,(H,31,35)/t27-,28-/m1/s1. The quantitative estimate of drug-likeness (QED) is 0.318. The zero-order chi connectivity index (χ0) is 24.5. The molecule has 0 amide bonds. The van der Waals surface area contributed by atoms with Crippen LogP contribution in [0.2, 0.25) is 0 Å². The Kier molecular flexibility index (Phi) is 6.31. The van der Waals surface area contributed by atoms with E-state index in [1.807, 2.05) is 30.5 Å². The van der Waals surface area contributed by atoms with E-state index in [-0.39, 0.29) is 12.1 Å². The molecule has 2 atom stereocenters. The Morgan fingerprint density at radius 1 is 0.914 bits per heavy atom. The summed E-state index contributed by atoms with van der Waals surface area (Å²) < 4.78 is 7.68. The minimum absolute atomic E-state index is 0.0851. The monoisotopic (exact) mass is 482 g/mol. The number of nitrogens with zero attached hydrogens (tertiary/aromatic N) is 3. The highest BCUT2D eigenvalue weighted by Crippen LogP contribution is 2.43. The molecule has 0 saturated carbocycles. The summed E-state index contributed by atoms with van der Waals surface area (Å²) in [5.74, 6) is 1.31. The summed E-state index contributed by atoms with van der Waals surface area (Å²) in [6.07, 6.45) is 1.84. The highest BCUT2D eigenvalue weighted by atomic mass is 32.1. The Hall–Kier alpha value is -3.64. The maximum absolute atomic E-state index is 5.92. The summed E-state index contributed by atoms with van der Waals surface area (Å²) in [6.45, 7) is 6.55. The van der Waals surface area contributed by atoms with Crippen molar-refractivity contribution < 1.29 is 4.74 Å². The van der Waals surface area contributed by atoms with Crippen molar-refractivity contribution >= 4 is 23.0 Å². The van der Waals surface area contributed by atoms with E-state index in [4.69, 9.17) is 21.9 Å². The third kappa shape index (κ3) is 4.30. The molecule has 2 aromatic heterocycles. The van der Waals surface area contributed by atoms with Crippen molar-refractivity contribution in [3.05, 3.63) is 108 Å². The van der Waals surface area contributed by atoms with E-state index in [0.29, 0.717) is 11.0 Å². The van der Waals surface area contributed by atoms with Gasteiger partial charge >= 0.3 is 0 Å². The van der Waals surface area contributed by atoms with Crippen LogP contribution in [0.5, 0.6) is 5.75 Å². The molecule has 178 valence electrons. The van der Waals surface area contributed by atoms with Crippen LogP contribution in [0.25, 0.3) is 5.69 Å². The van der Waals surface area contributed by atoms with Gasteiger partial charge in [-0.2, -0.15) is 0 Å². The second-order valence-electron chi connectivity index (χ2n) is 9.18. The molecule has 5 rings (SSSR count). The number of aromatic nitrogens is 2. The summed E-state index contributed by atoms with van der Waals surface area (Å²) >= 11 is 5.92. The number of pyridine rings is 1. The Morgan fingerprint density at radius 3 is 2.26 bits per heavy atom. The predicted molar refractivity (Wildman–Crippen MR) is 146 cm³/mol. The third-order valence-corrected chi connectivity index (χ3v) is 6.99. The summed E-state index contributed by atoms with van der Waals surface area (Å²) in [4.78, 5) is 6.92. The van der Waals surface area contributed by atoms with E-state index in [1.54, 1.807) is 7.11 Å². The molecule has 1 N–H and O–H groups in total. The number of thiocarbonyl (C=S) groups is 1. The van der Waals surface area contributed by atoms with Gasteiger partial charge in [-0.15, -0.1) is 0 Å². The Labute approximate surface area is 212 Å². The zero-order valence-corrected chi connectivity index (χ0v) is 21.3. The minimum atomic E-state index is -0.0974. The van der Waals surface area contributed by atoms with Gasteiger partial charge in [0, 0.05) is 29.0 Å². The summed E-state index contributed by atoms with van der Waals surface area (Å²) in [5, 5.41) is 4.27. The lowest BCUT2D eigenvalue weighted by molar-refractivity contribution is 0.414. The molecule has 0 unspecified atom stereocenters. The molecule has 0 spiro atoms. The fourth-order valence-electron chi connectivity index (χ4n) is 4.83. The van der Waals surface area contributed by atoms with E-state index in [1.165, 1.54) is 5.56 Å². The van der Waals surface area contributed by atoms with Crippen LogP contribution >= 0.6 is 12.2 Å². The van der Waals surface area contributed by atoms with Crippen LogP contribution < -0.4 is 15.0 Å². The molecule has 1 aliphatic rings. The van der Waals surface area contributed by atoms with Crippen LogP contribution in [0.3, 0.4) is 0 Å². The first-order chi connectivity index (χ1) is 17.0. The van der Waals surface area contributed by atoms with Crippen molar-refractivity contribution in [3.8, 4) is 11.4 Å². The average molecular weight is 483 g/mol. The number of hydrogen-bond acceptors (Lipinski definition) is 3. The van der Waals surface area contributed by atoms with Crippen molar-refractivity contribution in [2.45, 2.75) is 38.8 Å². The number of rotatable bonds is 6. The van der Waals surface area contributed by atoms with Gasteiger partial charge in [0.25, 0.3) is 0 Å². The maximum atomic E-state index is 5.92. The third-order valence-electron chi connectivity index (χ3n) is 6.68. The molecule has 3 heterocycles. The van der Waals surface area contributed by atoms with Crippen LogP contribution in [0.4, 0.5) is 5.69 Å². The Bertz CT molecular complexity index is 1310. The van der Waals surface area contributed by atoms with Crippen molar-refractivity contribution in [1.82, 2.24) is 14.9 Å². The van der Waals surface area contributed by atoms with E-state index in [9.17, 15) is 0 Å². The topological polar surface area (TPSA) is 42.3 Å². The van der Waals surface area contributed by atoms with Gasteiger partial charge in [-0.1, -0.05) is 32.0 Å². The number of hydrogen-bond donors (Lipinski definition) is 1. The number of aryl methyl sites for hydroxylation is 1. The van der Waals surface area contributed by atoms with Gasteiger partial charge in [-0.3, -0.25) is 4.98 Å². The van der Waals surface area contributed by atoms with Gasteiger partial charge in [0.1, 0.15) is 11.8 Å². The lowest BCUT2D eigenvalue weighted by atomic mass is 9.99. The van der Waals surface area contributed by atoms with Crippen molar-refractivity contribution in [2.75, 3.05) is 12.0 Å². The second-order valence-corrected chi connectivity index (χ2v) is 9.56. The fraction of sp³-hybridized carbons (Fsp3) is 0.241. The first-order valence-corrected chi connectivity index (χ1v) is 12.3. The lowest BCUT2D eigenvalue weighted by Gasteiger charge is -2.29. The first kappa shape index (κ1) is 23.1. The van der Waals surface area contributed by atoms with Crippen molar-refractivity contribution in [3.63, 3.8) is 0 Å². The van der Waals surface area contributed by atoms with E-state index < -0.39 is 0 Å². The number of ether oxygens (including phenoxy) is 1. The predicted octanol–water partition coefficient (Wildman–Crippen LogP) is 6.49. The Morgan fingerprint density at radius 2 is 1.63 bits per heavy atom. The molecule has 0 radical (unpaired) electrons. The molecular formula is C29H30N4OS. The van der Waals surface area contributed by atoms with E-state index >= 15 is 0 Å². The van der Waals surface area contributed by atoms with E-state index in [2.05, 4.69) is 90.2 Å². The van der Waals surface area contributed by atoms with E-state index in [0.717, 1.165) is 34.2 Å². The van der Waals surface area contributed by atoms with Crippen LogP contribution in [-0.2, 0) is 0 Å².